The molecule has 9 heteroatoms. The minimum Gasteiger partial charge on any atom is -0.367 e. The number of nitrogens with one attached hydrogen (secondary N) is 1. The number of aromatic nitrogens is 3. The Labute approximate surface area is 186 Å². The lowest BCUT2D eigenvalue weighted by atomic mass is 10.0. The summed E-state index contributed by atoms with van der Waals surface area (Å²) < 4.78 is 27.5. The van der Waals surface area contributed by atoms with Gasteiger partial charge in [0.05, 0.1) is 0 Å². The smallest absolute Gasteiger partial charge is 0.245 e. The second-order valence-electron chi connectivity index (χ2n) is 8.72. The predicted octanol–water partition coefficient (Wildman–Crippen LogP) is 3.38. The van der Waals surface area contributed by atoms with Crippen molar-refractivity contribution in [2.45, 2.75) is 77.4 Å². The zero-order valence-corrected chi connectivity index (χ0v) is 20.1. The molecule has 0 bridgehead atoms. The Morgan fingerprint density at radius 3 is 2.23 bits per heavy atom. The van der Waals surface area contributed by atoms with Gasteiger partial charge >= 0.3 is 0 Å². The van der Waals surface area contributed by atoms with Gasteiger partial charge in [-0.1, -0.05) is 0 Å². The van der Waals surface area contributed by atoms with Gasteiger partial charge in [0.25, 0.3) is 0 Å². The van der Waals surface area contributed by atoms with Gasteiger partial charge in [0, 0.05) is 49.2 Å². The van der Waals surface area contributed by atoms with Gasteiger partial charge in [0.1, 0.15) is 22.4 Å². The van der Waals surface area contributed by atoms with Crippen LogP contribution < -0.4 is 10.2 Å². The molecule has 0 unspecified atom stereocenters. The SMILES string of the molecule is Cc1cc(N2CCC(Nc3ccc(S(=O)(=O)N(C(C)C)C(C)C)cn3)CC2)nc(C)n1. The van der Waals surface area contributed by atoms with Crippen molar-refractivity contribution in [1.82, 2.24) is 19.3 Å². The number of sulfonamides is 1. The van der Waals surface area contributed by atoms with Gasteiger partial charge in [-0.25, -0.2) is 23.4 Å². The first-order valence-corrected chi connectivity index (χ1v) is 12.4. The summed E-state index contributed by atoms with van der Waals surface area (Å²) in [5.41, 5.74) is 0.982. The number of nitrogens with zero attached hydrogens (tertiary/aromatic N) is 5. The Morgan fingerprint density at radius 1 is 1.06 bits per heavy atom. The first-order chi connectivity index (χ1) is 14.6. The lowest BCUT2D eigenvalue weighted by Gasteiger charge is -2.33. The topological polar surface area (TPSA) is 91.3 Å². The van der Waals surface area contributed by atoms with Crippen LogP contribution in [-0.2, 0) is 10.0 Å². The molecule has 3 heterocycles. The van der Waals surface area contributed by atoms with Crippen molar-refractivity contribution in [3.8, 4) is 0 Å². The van der Waals surface area contributed by atoms with E-state index < -0.39 is 10.0 Å². The Balaban J connectivity index is 1.62. The van der Waals surface area contributed by atoms with Gasteiger partial charge in [-0.3, -0.25) is 0 Å². The first-order valence-electron chi connectivity index (χ1n) is 10.9. The molecular formula is C22H34N6O2S. The average molecular weight is 447 g/mol. The Hall–Kier alpha value is -2.26. The highest BCUT2D eigenvalue weighted by Crippen LogP contribution is 2.23. The number of hydrogen-bond acceptors (Lipinski definition) is 7. The van der Waals surface area contributed by atoms with Crippen molar-refractivity contribution in [2.75, 3.05) is 23.3 Å². The highest BCUT2D eigenvalue weighted by atomic mass is 32.2. The van der Waals surface area contributed by atoms with Crippen molar-refractivity contribution in [1.29, 1.82) is 0 Å². The fraction of sp³-hybridized carbons (Fsp3) is 0.591. The Bertz CT molecular complexity index is 955. The summed E-state index contributed by atoms with van der Waals surface area (Å²) in [4.78, 5) is 15.8. The summed E-state index contributed by atoms with van der Waals surface area (Å²) >= 11 is 0. The molecule has 1 N–H and O–H groups in total. The molecule has 0 saturated carbocycles. The zero-order chi connectivity index (χ0) is 22.8. The molecule has 2 aromatic heterocycles. The second kappa shape index (κ2) is 9.48. The normalized spacial score (nSPS) is 15.8. The van der Waals surface area contributed by atoms with E-state index >= 15 is 0 Å². The van der Waals surface area contributed by atoms with Crippen molar-refractivity contribution < 1.29 is 8.42 Å². The quantitative estimate of drug-likeness (QED) is 0.697. The number of pyridine rings is 1. The third kappa shape index (κ3) is 5.51. The molecule has 0 atom stereocenters. The number of piperidine rings is 1. The highest BCUT2D eigenvalue weighted by Gasteiger charge is 2.29. The van der Waals surface area contributed by atoms with Crippen LogP contribution in [0.2, 0.25) is 0 Å². The van der Waals surface area contributed by atoms with Gasteiger partial charge in [0.15, 0.2) is 0 Å². The highest BCUT2D eigenvalue weighted by molar-refractivity contribution is 7.89. The molecule has 3 rings (SSSR count). The van der Waals surface area contributed by atoms with Gasteiger partial charge in [-0.15, -0.1) is 0 Å². The van der Waals surface area contributed by atoms with Crippen LogP contribution in [0.3, 0.4) is 0 Å². The Kier molecular flexibility index (Phi) is 7.16. The lowest BCUT2D eigenvalue weighted by molar-refractivity contribution is 0.302. The van der Waals surface area contributed by atoms with E-state index in [0.29, 0.717) is 5.82 Å². The summed E-state index contributed by atoms with van der Waals surface area (Å²) in [6, 6.07) is 5.49. The fourth-order valence-corrected chi connectivity index (χ4v) is 5.99. The van der Waals surface area contributed by atoms with Crippen LogP contribution in [0.1, 0.15) is 52.1 Å². The first kappa shape index (κ1) is 23.4. The average Bonchev–Trinajstić information content (AvgIpc) is 2.67. The fourth-order valence-electron chi connectivity index (χ4n) is 4.21. The molecule has 0 aliphatic carbocycles. The number of hydrogen-bond donors (Lipinski definition) is 1. The summed E-state index contributed by atoms with van der Waals surface area (Å²) in [5, 5.41) is 3.45. The molecule has 8 nitrogen and oxygen atoms in total. The molecule has 1 saturated heterocycles. The van der Waals surface area contributed by atoms with Gasteiger partial charge in [-0.2, -0.15) is 4.31 Å². The lowest BCUT2D eigenvalue weighted by Crippen LogP contribution is -2.42. The van der Waals surface area contributed by atoms with Crippen molar-refractivity contribution in [3.63, 3.8) is 0 Å². The van der Waals surface area contributed by atoms with E-state index in [1.807, 2.05) is 47.6 Å². The predicted molar refractivity (Wildman–Crippen MR) is 124 cm³/mol. The minimum atomic E-state index is -3.57. The summed E-state index contributed by atoms with van der Waals surface area (Å²) in [5.74, 6) is 2.48. The monoisotopic (exact) mass is 446 g/mol. The van der Waals surface area contributed by atoms with Crippen LogP contribution in [-0.4, -0.2) is 58.9 Å². The van der Waals surface area contributed by atoms with E-state index in [2.05, 4.69) is 25.2 Å². The molecule has 170 valence electrons. The molecule has 1 fully saturated rings. The second-order valence-corrected chi connectivity index (χ2v) is 10.6. The van der Waals surface area contributed by atoms with E-state index in [0.717, 1.165) is 43.3 Å². The van der Waals surface area contributed by atoms with Crippen molar-refractivity contribution >= 4 is 21.7 Å². The summed E-state index contributed by atoms with van der Waals surface area (Å²) in [6.45, 7) is 13.3. The van der Waals surface area contributed by atoms with Crippen LogP contribution >= 0.6 is 0 Å². The standard InChI is InChI=1S/C22H34N6O2S/c1-15(2)28(16(3)4)31(29,30)20-7-8-21(23-14-20)26-19-9-11-27(12-10-19)22-13-17(5)24-18(6)25-22/h7-8,13-16,19H,9-12H2,1-6H3,(H,23,26). The maximum absolute atomic E-state index is 13.0. The molecule has 2 aromatic rings. The number of rotatable bonds is 7. The zero-order valence-electron chi connectivity index (χ0n) is 19.3. The van der Waals surface area contributed by atoms with E-state index in [1.165, 1.54) is 10.5 Å². The van der Waals surface area contributed by atoms with Gasteiger partial charge in [0.2, 0.25) is 10.0 Å². The third-order valence-electron chi connectivity index (χ3n) is 5.45. The summed E-state index contributed by atoms with van der Waals surface area (Å²) in [7, 11) is -3.57. The molecule has 1 aliphatic rings. The third-order valence-corrected chi connectivity index (χ3v) is 7.69. The van der Waals surface area contributed by atoms with E-state index in [9.17, 15) is 8.42 Å². The maximum Gasteiger partial charge on any atom is 0.245 e. The molecule has 0 aromatic carbocycles. The molecule has 0 spiro atoms. The molecule has 31 heavy (non-hydrogen) atoms. The minimum absolute atomic E-state index is 0.115. The van der Waals surface area contributed by atoms with E-state index in [1.54, 1.807) is 12.1 Å². The number of aryl methyl sites for hydroxylation is 2. The summed E-state index contributed by atoms with van der Waals surface area (Å²) in [6.07, 6.45) is 3.37. The molecule has 0 radical (unpaired) electrons. The Morgan fingerprint density at radius 2 is 1.71 bits per heavy atom. The van der Waals surface area contributed by atoms with Crippen LogP contribution in [0, 0.1) is 13.8 Å². The van der Waals surface area contributed by atoms with E-state index in [4.69, 9.17) is 0 Å². The van der Waals surface area contributed by atoms with Crippen LogP contribution in [0.15, 0.2) is 29.3 Å². The molecule has 1 aliphatic heterocycles. The number of anilines is 2. The van der Waals surface area contributed by atoms with E-state index in [-0.39, 0.29) is 23.0 Å². The largest absolute Gasteiger partial charge is 0.367 e. The van der Waals surface area contributed by atoms with Crippen LogP contribution in [0.25, 0.3) is 0 Å². The van der Waals surface area contributed by atoms with Crippen LogP contribution in [0.5, 0.6) is 0 Å². The van der Waals surface area contributed by atoms with Gasteiger partial charge in [-0.05, 0) is 66.5 Å². The molecular weight excluding hydrogens is 412 g/mol. The van der Waals surface area contributed by atoms with Crippen molar-refractivity contribution in [3.05, 3.63) is 35.9 Å². The van der Waals surface area contributed by atoms with Crippen LogP contribution in [0.4, 0.5) is 11.6 Å². The molecule has 0 amide bonds. The van der Waals surface area contributed by atoms with Gasteiger partial charge < -0.3 is 10.2 Å². The maximum atomic E-state index is 13.0. The van der Waals surface area contributed by atoms with Crippen molar-refractivity contribution in [2.24, 2.45) is 0 Å².